The van der Waals surface area contributed by atoms with Gasteiger partial charge in [0.05, 0.1) is 5.69 Å². The average molecular weight is 296 g/mol. The number of thiophene rings is 1. The average Bonchev–Trinajstić information content (AvgIpc) is 2.84. The van der Waals surface area contributed by atoms with Crippen molar-refractivity contribution in [3.8, 4) is 0 Å². The van der Waals surface area contributed by atoms with Crippen molar-refractivity contribution in [2.24, 2.45) is 0 Å². The molecule has 1 aliphatic rings. The molecule has 1 aliphatic heterocycles. The molecule has 16 heavy (non-hydrogen) atoms. The molecule has 3 heterocycles. The second-order valence-corrected chi connectivity index (χ2v) is 5.78. The van der Waals surface area contributed by atoms with Crippen molar-refractivity contribution < 1.29 is 0 Å². The van der Waals surface area contributed by atoms with Crippen molar-refractivity contribution in [3.05, 3.63) is 44.6 Å². The molecule has 0 atom stereocenters. The van der Waals surface area contributed by atoms with E-state index in [4.69, 9.17) is 0 Å². The van der Waals surface area contributed by atoms with Gasteiger partial charge < -0.3 is 0 Å². The minimum Gasteiger partial charge on any atom is -0.288 e. The second kappa shape index (κ2) is 4.24. The summed E-state index contributed by atoms with van der Waals surface area (Å²) in [6.45, 7) is 2.89. The van der Waals surface area contributed by atoms with Crippen LogP contribution >= 0.6 is 27.3 Å². The summed E-state index contributed by atoms with van der Waals surface area (Å²) in [6.07, 6.45) is 3.55. The SMILES string of the molecule is Brc1csc(CN2Cc3cncnc3C2)c1. The first kappa shape index (κ1) is 10.4. The number of nitrogens with zero attached hydrogens (tertiary/aromatic N) is 3. The van der Waals surface area contributed by atoms with Crippen LogP contribution in [0.15, 0.2) is 28.4 Å². The lowest BCUT2D eigenvalue weighted by molar-refractivity contribution is 0.276. The normalized spacial score (nSPS) is 15.3. The topological polar surface area (TPSA) is 29.0 Å². The van der Waals surface area contributed by atoms with Gasteiger partial charge in [-0.05, 0) is 22.0 Å². The molecule has 5 heteroatoms. The molecule has 0 saturated heterocycles. The summed E-state index contributed by atoms with van der Waals surface area (Å²) in [4.78, 5) is 12.1. The van der Waals surface area contributed by atoms with Crippen LogP contribution < -0.4 is 0 Å². The van der Waals surface area contributed by atoms with E-state index in [0.29, 0.717) is 0 Å². The Kier molecular flexibility index (Phi) is 2.75. The van der Waals surface area contributed by atoms with Gasteiger partial charge in [0.15, 0.2) is 0 Å². The fourth-order valence-electron chi connectivity index (χ4n) is 1.94. The molecule has 2 aromatic heterocycles. The second-order valence-electron chi connectivity index (χ2n) is 3.87. The quantitative estimate of drug-likeness (QED) is 0.853. The number of hydrogen-bond donors (Lipinski definition) is 0. The van der Waals surface area contributed by atoms with Crippen molar-refractivity contribution in [1.82, 2.24) is 14.9 Å². The molecule has 0 N–H and O–H groups in total. The van der Waals surface area contributed by atoms with E-state index in [-0.39, 0.29) is 0 Å². The van der Waals surface area contributed by atoms with Crippen LogP contribution in [0.4, 0.5) is 0 Å². The first-order valence-electron chi connectivity index (χ1n) is 5.04. The van der Waals surface area contributed by atoms with Crippen molar-refractivity contribution in [2.45, 2.75) is 19.6 Å². The zero-order valence-corrected chi connectivity index (χ0v) is 11.0. The van der Waals surface area contributed by atoms with Crippen LogP contribution in [0.1, 0.15) is 16.1 Å². The summed E-state index contributed by atoms with van der Waals surface area (Å²) < 4.78 is 1.17. The maximum atomic E-state index is 4.30. The van der Waals surface area contributed by atoms with Gasteiger partial charge in [-0.15, -0.1) is 11.3 Å². The highest BCUT2D eigenvalue weighted by atomic mass is 79.9. The van der Waals surface area contributed by atoms with Crippen molar-refractivity contribution in [1.29, 1.82) is 0 Å². The monoisotopic (exact) mass is 295 g/mol. The summed E-state index contributed by atoms with van der Waals surface area (Å²) in [7, 11) is 0. The van der Waals surface area contributed by atoms with E-state index in [2.05, 4.69) is 42.2 Å². The largest absolute Gasteiger partial charge is 0.288 e. The van der Waals surface area contributed by atoms with Gasteiger partial charge in [-0.2, -0.15) is 0 Å². The Hall–Kier alpha value is -0.780. The minimum atomic E-state index is 0.938. The van der Waals surface area contributed by atoms with E-state index in [9.17, 15) is 0 Å². The summed E-state index contributed by atoms with van der Waals surface area (Å²) in [5.74, 6) is 0. The zero-order chi connectivity index (χ0) is 11.0. The van der Waals surface area contributed by atoms with Gasteiger partial charge >= 0.3 is 0 Å². The standard InChI is InChI=1S/C11H10BrN3S/c12-9-1-10(16-6-9)4-15-3-8-2-13-7-14-11(8)5-15/h1-2,6-7H,3-5H2. The maximum absolute atomic E-state index is 4.30. The lowest BCUT2D eigenvalue weighted by Gasteiger charge is -2.12. The highest BCUT2D eigenvalue weighted by Gasteiger charge is 2.20. The molecule has 0 aromatic carbocycles. The van der Waals surface area contributed by atoms with Crippen LogP contribution in [0.25, 0.3) is 0 Å². The van der Waals surface area contributed by atoms with Gasteiger partial charge in [0.2, 0.25) is 0 Å². The summed E-state index contributed by atoms with van der Waals surface area (Å²) in [6, 6.07) is 2.18. The van der Waals surface area contributed by atoms with Crippen LogP contribution in [0, 0.1) is 0 Å². The third kappa shape index (κ3) is 2.03. The van der Waals surface area contributed by atoms with E-state index in [0.717, 1.165) is 19.6 Å². The lowest BCUT2D eigenvalue weighted by Crippen LogP contribution is -2.14. The highest BCUT2D eigenvalue weighted by molar-refractivity contribution is 9.10. The predicted octanol–water partition coefficient (Wildman–Crippen LogP) is 2.82. The van der Waals surface area contributed by atoms with Gasteiger partial charge in [0, 0.05) is 46.1 Å². The van der Waals surface area contributed by atoms with Gasteiger partial charge in [-0.1, -0.05) is 0 Å². The van der Waals surface area contributed by atoms with Crippen LogP contribution in [-0.2, 0) is 19.6 Å². The maximum Gasteiger partial charge on any atom is 0.115 e. The van der Waals surface area contributed by atoms with Gasteiger partial charge in [0.1, 0.15) is 6.33 Å². The number of halogens is 1. The molecule has 2 aromatic rings. The first-order chi connectivity index (χ1) is 7.81. The number of fused-ring (bicyclic) bond motifs is 1. The smallest absolute Gasteiger partial charge is 0.115 e. The van der Waals surface area contributed by atoms with Gasteiger partial charge in [0.25, 0.3) is 0 Å². The predicted molar refractivity (Wildman–Crippen MR) is 67.0 cm³/mol. The van der Waals surface area contributed by atoms with Crippen molar-refractivity contribution in [3.63, 3.8) is 0 Å². The van der Waals surface area contributed by atoms with E-state index >= 15 is 0 Å². The minimum absolute atomic E-state index is 0.938. The first-order valence-corrected chi connectivity index (χ1v) is 6.71. The third-order valence-electron chi connectivity index (χ3n) is 2.65. The molecule has 82 valence electrons. The Morgan fingerprint density at radius 2 is 2.38 bits per heavy atom. The van der Waals surface area contributed by atoms with Gasteiger partial charge in [-0.25, -0.2) is 9.97 Å². The fourth-order valence-corrected chi connectivity index (χ4v) is 3.43. The fraction of sp³-hybridized carbons (Fsp3) is 0.273. The zero-order valence-electron chi connectivity index (χ0n) is 8.56. The molecule has 0 spiro atoms. The molecule has 3 nitrogen and oxygen atoms in total. The Morgan fingerprint density at radius 3 is 3.12 bits per heavy atom. The van der Waals surface area contributed by atoms with Gasteiger partial charge in [-0.3, -0.25) is 4.90 Å². The summed E-state index contributed by atoms with van der Waals surface area (Å²) in [5.41, 5.74) is 2.43. The molecule has 0 amide bonds. The lowest BCUT2D eigenvalue weighted by atomic mass is 10.3. The Labute approximate surface area is 106 Å². The Morgan fingerprint density at radius 1 is 1.44 bits per heavy atom. The molecular weight excluding hydrogens is 286 g/mol. The molecule has 0 radical (unpaired) electrons. The number of rotatable bonds is 2. The summed E-state index contributed by atoms with van der Waals surface area (Å²) in [5, 5.41) is 2.12. The van der Waals surface area contributed by atoms with E-state index in [1.54, 1.807) is 17.7 Å². The van der Waals surface area contributed by atoms with E-state index in [1.165, 1.54) is 20.6 Å². The van der Waals surface area contributed by atoms with Crippen LogP contribution in [-0.4, -0.2) is 14.9 Å². The third-order valence-corrected chi connectivity index (χ3v) is 4.33. The summed E-state index contributed by atoms with van der Waals surface area (Å²) >= 11 is 5.27. The number of hydrogen-bond acceptors (Lipinski definition) is 4. The van der Waals surface area contributed by atoms with Crippen LogP contribution in [0.2, 0.25) is 0 Å². The molecule has 0 saturated carbocycles. The highest BCUT2D eigenvalue weighted by Crippen LogP contribution is 2.25. The van der Waals surface area contributed by atoms with Crippen LogP contribution in [0.5, 0.6) is 0 Å². The van der Waals surface area contributed by atoms with Crippen molar-refractivity contribution in [2.75, 3.05) is 0 Å². The molecular formula is C11H10BrN3S. The van der Waals surface area contributed by atoms with E-state index < -0.39 is 0 Å². The molecule has 3 rings (SSSR count). The number of aromatic nitrogens is 2. The van der Waals surface area contributed by atoms with Crippen LogP contribution in [0.3, 0.4) is 0 Å². The Bertz CT molecular complexity index is 486. The molecule has 0 bridgehead atoms. The van der Waals surface area contributed by atoms with E-state index in [1.807, 2.05) is 6.20 Å². The molecule has 0 unspecified atom stereocenters. The van der Waals surface area contributed by atoms with Crippen molar-refractivity contribution >= 4 is 27.3 Å². The molecule has 0 fully saturated rings. The molecule has 0 aliphatic carbocycles. The Balaban J connectivity index is 1.72.